The second-order valence-electron chi connectivity index (χ2n) is 3.41. The minimum atomic E-state index is -1.22. The first-order valence-electron chi connectivity index (χ1n) is 5.89. The molecule has 8 heteroatoms. The van der Waals surface area contributed by atoms with Crippen LogP contribution in [0, 0.1) is 0 Å². The zero-order chi connectivity index (χ0) is 17.5. The van der Waals surface area contributed by atoms with Gasteiger partial charge in [0.15, 0.2) is 6.10 Å². The first-order valence-corrected chi connectivity index (χ1v) is 5.89. The van der Waals surface area contributed by atoms with Crippen LogP contribution < -0.4 is 0 Å². The lowest BCUT2D eigenvalue weighted by Gasteiger charge is -1.92. The van der Waals surface area contributed by atoms with E-state index in [1.807, 2.05) is 0 Å². The van der Waals surface area contributed by atoms with Crippen molar-refractivity contribution in [1.82, 2.24) is 0 Å². The van der Waals surface area contributed by atoms with Crippen molar-refractivity contribution in [2.24, 2.45) is 0 Å². The van der Waals surface area contributed by atoms with Crippen molar-refractivity contribution < 1.29 is 38.5 Å². The Bertz CT molecular complexity index is 438. The van der Waals surface area contributed by atoms with Gasteiger partial charge in [-0.25, -0.2) is 9.59 Å². The van der Waals surface area contributed by atoms with Gasteiger partial charge in [0.25, 0.3) is 0 Å². The van der Waals surface area contributed by atoms with Crippen molar-refractivity contribution in [1.29, 1.82) is 0 Å². The van der Waals surface area contributed by atoms with E-state index in [1.165, 1.54) is 13.0 Å². The topological polar surface area (TPSA) is 116 Å². The van der Waals surface area contributed by atoms with Crippen LogP contribution in [0.5, 0.6) is 0 Å². The maximum atomic E-state index is 10.2. The highest BCUT2D eigenvalue weighted by atomic mass is 16.6. The zero-order valence-corrected chi connectivity index (χ0v) is 12.1. The molecule has 0 aromatic rings. The summed E-state index contributed by atoms with van der Waals surface area (Å²) in [4.78, 5) is 40.1. The largest absolute Gasteiger partial charge is 0.458 e. The number of carbonyl (C=O) groups excluding carboxylic acids is 4. The van der Waals surface area contributed by atoms with Crippen molar-refractivity contribution >= 4 is 23.9 Å². The third-order valence-corrected chi connectivity index (χ3v) is 1.61. The van der Waals surface area contributed by atoms with E-state index in [9.17, 15) is 19.2 Å². The lowest BCUT2D eigenvalue weighted by molar-refractivity contribution is -0.154. The molecule has 8 nitrogen and oxygen atoms in total. The van der Waals surface area contributed by atoms with Gasteiger partial charge in [0.2, 0.25) is 0 Å². The first-order chi connectivity index (χ1) is 10.3. The normalized spacial score (nSPS) is 14.9. The number of esters is 4. The number of carbonyl (C=O) groups is 4. The van der Waals surface area contributed by atoms with Gasteiger partial charge in [-0.2, -0.15) is 0 Å². The van der Waals surface area contributed by atoms with Crippen LogP contribution in [0.3, 0.4) is 0 Å². The number of hydrogen-bond donors (Lipinski definition) is 1. The number of hydrogen-bond acceptors (Lipinski definition) is 8. The molecule has 1 atom stereocenters. The fourth-order valence-electron chi connectivity index (χ4n) is 0.780. The third kappa shape index (κ3) is 13.7. The molecule has 0 bridgehead atoms. The molecule has 122 valence electrons. The molecule has 1 aliphatic rings. The Hall–Kier alpha value is -2.74. The fourth-order valence-corrected chi connectivity index (χ4v) is 0.780. The van der Waals surface area contributed by atoms with Gasteiger partial charge in [0, 0.05) is 13.0 Å². The standard InChI is InChI=1S/C6H8O2.C4H4O4.C4H6O2/c1-3-5-8-6(7)4-2;5-2-1-3(6)8-4(2)7;1-3-6-4(2)5/h3-4H,1-2,5H2;2,5H,1H2;3H,1H2,2H3. The predicted molar refractivity (Wildman–Crippen MR) is 75.0 cm³/mol. The molecular weight excluding hydrogens is 296 g/mol. The van der Waals surface area contributed by atoms with Gasteiger partial charge in [-0.1, -0.05) is 25.8 Å². The van der Waals surface area contributed by atoms with Crippen molar-refractivity contribution in [3.05, 3.63) is 38.2 Å². The third-order valence-electron chi connectivity index (χ3n) is 1.61. The molecule has 1 aliphatic heterocycles. The van der Waals surface area contributed by atoms with Gasteiger partial charge >= 0.3 is 23.9 Å². The molecular formula is C14H18O8. The molecule has 0 aromatic heterocycles. The summed E-state index contributed by atoms with van der Waals surface area (Å²) in [5, 5.41) is 8.47. The smallest absolute Gasteiger partial charge is 0.343 e. The summed E-state index contributed by atoms with van der Waals surface area (Å²) in [6, 6.07) is 0. The lowest BCUT2D eigenvalue weighted by atomic mass is 10.3. The maximum absolute atomic E-state index is 10.2. The molecule has 1 heterocycles. The second kappa shape index (κ2) is 13.3. The molecule has 0 aromatic carbocycles. The van der Waals surface area contributed by atoms with Gasteiger partial charge in [-0.15, -0.1) is 0 Å². The fraction of sp³-hybridized carbons (Fsp3) is 0.286. The van der Waals surface area contributed by atoms with Crippen molar-refractivity contribution in [2.45, 2.75) is 19.4 Å². The predicted octanol–water partition coefficient (Wildman–Crippen LogP) is 0.415. The summed E-state index contributed by atoms with van der Waals surface area (Å²) in [6.07, 6.45) is 2.30. The SMILES string of the molecule is C=CCOC(=O)C=C.C=COC(C)=O.O=C1CC(O)C(=O)O1. The monoisotopic (exact) mass is 314 g/mol. The highest BCUT2D eigenvalue weighted by Crippen LogP contribution is 2.05. The quantitative estimate of drug-likeness (QED) is 0.198. The number of ether oxygens (including phenoxy) is 3. The summed E-state index contributed by atoms with van der Waals surface area (Å²) < 4.78 is 12.6. The van der Waals surface area contributed by atoms with Crippen molar-refractivity contribution in [3.63, 3.8) is 0 Å². The van der Waals surface area contributed by atoms with Crippen LogP contribution in [0.25, 0.3) is 0 Å². The van der Waals surface area contributed by atoms with E-state index >= 15 is 0 Å². The summed E-state index contributed by atoms with van der Waals surface area (Å²) in [7, 11) is 0. The summed E-state index contributed by atoms with van der Waals surface area (Å²) in [5.41, 5.74) is 0. The van der Waals surface area contributed by atoms with Crippen LogP contribution in [-0.2, 0) is 33.4 Å². The number of cyclic esters (lactones) is 2. The summed E-state index contributed by atoms with van der Waals surface area (Å²) >= 11 is 0. The van der Waals surface area contributed by atoms with E-state index in [4.69, 9.17) is 5.11 Å². The van der Waals surface area contributed by atoms with Gasteiger partial charge in [0.05, 0.1) is 12.7 Å². The van der Waals surface area contributed by atoms with Crippen LogP contribution >= 0.6 is 0 Å². The molecule has 1 saturated heterocycles. The molecule has 1 rings (SSSR count). The Labute approximate surface area is 127 Å². The second-order valence-corrected chi connectivity index (χ2v) is 3.41. The van der Waals surface area contributed by atoms with Crippen LogP contribution in [0.2, 0.25) is 0 Å². The minimum absolute atomic E-state index is 0.196. The number of aliphatic hydroxyl groups is 1. The van der Waals surface area contributed by atoms with E-state index in [2.05, 4.69) is 33.9 Å². The molecule has 0 spiro atoms. The van der Waals surface area contributed by atoms with E-state index in [0.29, 0.717) is 0 Å². The Morgan fingerprint density at radius 1 is 1.36 bits per heavy atom. The number of rotatable bonds is 4. The lowest BCUT2D eigenvalue weighted by Crippen LogP contribution is -2.11. The highest BCUT2D eigenvalue weighted by molar-refractivity contribution is 5.95. The van der Waals surface area contributed by atoms with Crippen LogP contribution in [0.4, 0.5) is 0 Å². The molecule has 0 saturated carbocycles. The average molecular weight is 314 g/mol. The van der Waals surface area contributed by atoms with Crippen LogP contribution in [0.15, 0.2) is 38.2 Å². The van der Waals surface area contributed by atoms with E-state index in [1.54, 1.807) is 0 Å². The molecule has 0 radical (unpaired) electrons. The Morgan fingerprint density at radius 3 is 2.14 bits per heavy atom. The van der Waals surface area contributed by atoms with Gasteiger partial charge in [0.1, 0.15) is 6.61 Å². The maximum Gasteiger partial charge on any atom is 0.343 e. The average Bonchev–Trinajstić information content (AvgIpc) is 2.74. The zero-order valence-electron chi connectivity index (χ0n) is 12.1. The molecule has 1 N–H and O–H groups in total. The molecule has 1 fully saturated rings. The Kier molecular flexibility index (Phi) is 13.0. The van der Waals surface area contributed by atoms with E-state index in [-0.39, 0.29) is 19.0 Å². The first kappa shape index (κ1) is 21.6. The van der Waals surface area contributed by atoms with E-state index in [0.717, 1.165) is 12.3 Å². The molecule has 1 unspecified atom stereocenters. The Morgan fingerprint density at radius 2 is 1.95 bits per heavy atom. The summed E-state index contributed by atoms with van der Waals surface area (Å²) in [5.74, 6) is -2.23. The van der Waals surface area contributed by atoms with Gasteiger partial charge < -0.3 is 19.3 Å². The minimum Gasteiger partial charge on any atom is -0.458 e. The van der Waals surface area contributed by atoms with Crippen LogP contribution in [0.1, 0.15) is 13.3 Å². The molecule has 0 amide bonds. The molecule has 22 heavy (non-hydrogen) atoms. The van der Waals surface area contributed by atoms with Gasteiger partial charge in [-0.05, 0) is 0 Å². The van der Waals surface area contributed by atoms with Crippen molar-refractivity contribution in [3.8, 4) is 0 Å². The van der Waals surface area contributed by atoms with Gasteiger partial charge in [-0.3, -0.25) is 9.59 Å². The van der Waals surface area contributed by atoms with E-state index < -0.39 is 24.0 Å². The Balaban J connectivity index is 0. The summed E-state index contributed by atoms with van der Waals surface area (Å²) in [6.45, 7) is 11.3. The van der Waals surface area contributed by atoms with Crippen molar-refractivity contribution in [2.75, 3.05) is 6.61 Å². The number of aliphatic hydroxyl groups excluding tert-OH is 1. The molecule has 0 aliphatic carbocycles. The highest BCUT2D eigenvalue weighted by Gasteiger charge is 2.30. The van der Waals surface area contributed by atoms with Crippen LogP contribution in [-0.4, -0.2) is 41.7 Å².